The number of ether oxygens (including phenoxy) is 2. The molecular weight excluding hydrogens is 398 g/mol. The smallest absolute Gasteiger partial charge is 0.341 e. The lowest BCUT2D eigenvalue weighted by Gasteiger charge is -2.33. The molecule has 1 aromatic carbocycles. The first-order valence-electron chi connectivity index (χ1n) is 10.5. The Bertz CT molecular complexity index is 926. The van der Waals surface area contributed by atoms with E-state index in [0.29, 0.717) is 28.8 Å². The van der Waals surface area contributed by atoms with E-state index >= 15 is 0 Å². The van der Waals surface area contributed by atoms with Crippen LogP contribution < -0.4 is 10.1 Å². The quantitative estimate of drug-likeness (QED) is 0.624. The first kappa shape index (κ1) is 22.3. The van der Waals surface area contributed by atoms with Gasteiger partial charge >= 0.3 is 5.97 Å². The Kier molecular flexibility index (Phi) is 6.86. The Morgan fingerprint density at radius 1 is 1.23 bits per heavy atom. The van der Waals surface area contributed by atoms with Crippen molar-refractivity contribution in [1.29, 1.82) is 0 Å². The van der Waals surface area contributed by atoms with E-state index in [1.165, 1.54) is 16.2 Å². The van der Waals surface area contributed by atoms with Crippen LogP contribution in [-0.2, 0) is 22.4 Å². The Hall–Kier alpha value is -2.34. The molecule has 0 saturated carbocycles. The fourth-order valence-corrected chi connectivity index (χ4v) is 5.19. The third kappa shape index (κ3) is 5.04. The number of benzene rings is 1. The molecule has 30 heavy (non-hydrogen) atoms. The van der Waals surface area contributed by atoms with Gasteiger partial charge in [-0.2, -0.15) is 0 Å². The summed E-state index contributed by atoms with van der Waals surface area (Å²) >= 11 is 1.50. The molecule has 0 aliphatic heterocycles. The number of fused-ring (bicyclic) bond motifs is 1. The average Bonchev–Trinajstić information content (AvgIpc) is 3.03. The number of carbonyl (C=O) groups excluding carboxylic acids is 2. The lowest BCUT2D eigenvalue weighted by molar-refractivity contribution is -0.118. The van der Waals surface area contributed by atoms with Gasteiger partial charge in [0.2, 0.25) is 0 Å². The monoisotopic (exact) mass is 429 g/mol. The van der Waals surface area contributed by atoms with Crippen molar-refractivity contribution in [3.63, 3.8) is 0 Å². The van der Waals surface area contributed by atoms with Crippen molar-refractivity contribution < 1.29 is 19.1 Å². The zero-order valence-electron chi connectivity index (χ0n) is 18.5. The molecule has 5 nitrogen and oxygen atoms in total. The minimum Gasteiger partial charge on any atom is -0.483 e. The van der Waals surface area contributed by atoms with Gasteiger partial charge in [-0.05, 0) is 61.6 Å². The number of hydrogen-bond donors (Lipinski definition) is 1. The summed E-state index contributed by atoms with van der Waals surface area (Å²) in [5.41, 5.74) is 2.73. The average molecular weight is 430 g/mol. The van der Waals surface area contributed by atoms with E-state index in [2.05, 4.69) is 26.1 Å². The second-order valence-electron chi connectivity index (χ2n) is 8.84. The lowest BCUT2D eigenvalue weighted by Crippen LogP contribution is -2.26. The summed E-state index contributed by atoms with van der Waals surface area (Å²) < 4.78 is 11.0. The van der Waals surface area contributed by atoms with Crippen molar-refractivity contribution in [3.8, 4) is 5.75 Å². The first-order chi connectivity index (χ1) is 14.2. The van der Waals surface area contributed by atoms with Crippen LogP contribution >= 0.6 is 11.3 Å². The molecule has 1 amide bonds. The summed E-state index contributed by atoms with van der Waals surface area (Å²) in [7, 11) is 0. The van der Waals surface area contributed by atoms with Crippen LogP contribution in [0.3, 0.4) is 0 Å². The van der Waals surface area contributed by atoms with E-state index in [-0.39, 0.29) is 23.9 Å². The Balaban J connectivity index is 1.79. The number of amides is 1. The van der Waals surface area contributed by atoms with E-state index in [1.807, 2.05) is 31.2 Å². The molecule has 1 heterocycles. The van der Waals surface area contributed by atoms with Crippen molar-refractivity contribution in [2.24, 2.45) is 11.3 Å². The number of carbonyl (C=O) groups is 2. The van der Waals surface area contributed by atoms with Crippen molar-refractivity contribution >= 4 is 28.2 Å². The van der Waals surface area contributed by atoms with Crippen molar-refractivity contribution in [2.75, 3.05) is 18.5 Å². The van der Waals surface area contributed by atoms with Gasteiger partial charge in [-0.1, -0.05) is 39.0 Å². The van der Waals surface area contributed by atoms with E-state index < -0.39 is 0 Å². The summed E-state index contributed by atoms with van der Waals surface area (Å²) in [6, 6.07) is 7.57. The predicted molar refractivity (Wildman–Crippen MR) is 121 cm³/mol. The van der Waals surface area contributed by atoms with Crippen molar-refractivity contribution in [1.82, 2.24) is 0 Å². The summed E-state index contributed by atoms with van der Waals surface area (Å²) in [5, 5.41) is 3.48. The SMILES string of the molecule is CCOC(=O)c1c(NC(=O)COc2ccccc2C)sc2c1CCC(C(C)(C)C)C2. The molecular formula is C24H31NO4S. The molecule has 1 atom stereocenters. The number of rotatable bonds is 6. The molecule has 3 rings (SSSR count). The third-order valence-corrected chi connectivity index (χ3v) is 6.84. The van der Waals surface area contributed by atoms with Gasteiger partial charge in [0, 0.05) is 4.88 Å². The highest BCUT2D eigenvalue weighted by atomic mass is 32.1. The highest BCUT2D eigenvalue weighted by Gasteiger charge is 2.34. The normalized spacial score (nSPS) is 16.0. The molecule has 0 radical (unpaired) electrons. The largest absolute Gasteiger partial charge is 0.483 e. The van der Waals surface area contributed by atoms with E-state index in [0.717, 1.165) is 30.4 Å². The fourth-order valence-electron chi connectivity index (χ4n) is 3.86. The molecule has 6 heteroatoms. The molecule has 1 aliphatic carbocycles. The van der Waals surface area contributed by atoms with Gasteiger partial charge in [0.15, 0.2) is 6.61 Å². The van der Waals surface area contributed by atoms with Crippen LogP contribution in [0.15, 0.2) is 24.3 Å². The fraction of sp³-hybridized carbons (Fsp3) is 0.500. The molecule has 1 aliphatic rings. The number of thiophene rings is 1. The molecule has 0 saturated heterocycles. The Morgan fingerprint density at radius 2 is 1.97 bits per heavy atom. The molecule has 1 aromatic heterocycles. The summed E-state index contributed by atoms with van der Waals surface area (Å²) in [5.74, 6) is 0.581. The molecule has 0 spiro atoms. The number of hydrogen-bond acceptors (Lipinski definition) is 5. The van der Waals surface area contributed by atoms with Gasteiger partial charge in [-0.3, -0.25) is 4.79 Å². The van der Waals surface area contributed by atoms with Crippen LogP contribution in [0.5, 0.6) is 5.75 Å². The lowest BCUT2D eigenvalue weighted by atomic mass is 9.72. The standard InChI is InChI=1S/C24H31NO4S/c1-6-28-23(27)21-17-12-11-16(24(3,4)5)13-19(17)30-22(21)25-20(26)14-29-18-10-8-7-9-15(18)2/h7-10,16H,6,11-14H2,1-5H3,(H,25,26). The van der Waals surface area contributed by atoms with Gasteiger partial charge in [0.05, 0.1) is 12.2 Å². The van der Waals surface area contributed by atoms with Crippen LogP contribution in [0.1, 0.15) is 60.5 Å². The van der Waals surface area contributed by atoms with Gasteiger partial charge in [0.1, 0.15) is 10.8 Å². The number of aryl methyl sites for hydroxylation is 1. The van der Waals surface area contributed by atoms with Crippen LogP contribution in [0.4, 0.5) is 5.00 Å². The maximum atomic E-state index is 12.7. The predicted octanol–water partition coefficient (Wildman–Crippen LogP) is 5.40. The van der Waals surface area contributed by atoms with Crippen molar-refractivity contribution in [2.45, 2.75) is 53.9 Å². The van der Waals surface area contributed by atoms with Crippen LogP contribution in [0.2, 0.25) is 0 Å². The molecule has 162 valence electrons. The number of esters is 1. The second kappa shape index (κ2) is 9.21. The molecule has 1 unspecified atom stereocenters. The summed E-state index contributed by atoms with van der Waals surface area (Å²) in [6.07, 6.45) is 2.78. The third-order valence-electron chi connectivity index (χ3n) is 5.67. The Labute approximate surface area is 182 Å². The summed E-state index contributed by atoms with van der Waals surface area (Å²) in [4.78, 5) is 26.4. The van der Waals surface area contributed by atoms with Gasteiger partial charge in [0.25, 0.3) is 5.91 Å². The highest BCUT2D eigenvalue weighted by molar-refractivity contribution is 7.17. The number of para-hydroxylation sites is 1. The van der Waals surface area contributed by atoms with Crippen LogP contribution in [-0.4, -0.2) is 25.1 Å². The Morgan fingerprint density at radius 3 is 2.63 bits per heavy atom. The minimum atomic E-state index is -0.362. The highest BCUT2D eigenvalue weighted by Crippen LogP contribution is 2.44. The zero-order chi connectivity index (χ0) is 21.9. The zero-order valence-corrected chi connectivity index (χ0v) is 19.3. The second-order valence-corrected chi connectivity index (χ2v) is 9.94. The van der Waals surface area contributed by atoms with E-state index in [9.17, 15) is 9.59 Å². The van der Waals surface area contributed by atoms with Crippen LogP contribution in [0.25, 0.3) is 0 Å². The number of nitrogens with one attached hydrogen (secondary N) is 1. The van der Waals surface area contributed by atoms with Gasteiger partial charge in [-0.25, -0.2) is 4.79 Å². The molecule has 0 fully saturated rings. The maximum Gasteiger partial charge on any atom is 0.341 e. The topological polar surface area (TPSA) is 64.6 Å². The van der Waals surface area contributed by atoms with E-state index in [1.54, 1.807) is 6.92 Å². The van der Waals surface area contributed by atoms with Crippen molar-refractivity contribution in [3.05, 3.63) is 45.8 Å². The minimum absolute atomic E-state index is 0.111. The maximum absolute atomic E-state index is 12.7. The van der Waals surface area contributed by atoms with Gasteiger partial charge in [-0.15, -0.1) is 11.3 Å². The van der Waals surface area contributed by atoms with Gasteiger partial charge < -0.3 is 14.8 Å². The van der Waals surface area contributed by atoms with Crippen LogP contribution in [0, 0.1) is 18.3 Å². The molecule has 0 bridgehead atoms. The molecule has 2 aromatic rings. The number of anilines is 1. The van der Waals surface area contributed by atoms with E-state index in [4.69, 9.17) is 9.47 Å². The first-order valence-corrected chi connectivity index (χ1v) is 11.3. The summed E-state index contributed by atoms with van der Waals surface area (Å²) in [6.45, 7) is 10.7. The molecule has 1 N–H and O–H groups in total.